The van der Waals surface area contributed by atoms with Gasteiger partial charge in [0, 0.05) is 11.9 Å². The second kappa shape index (κ2) is 10.5. The first-order chi connectivity index (χ1) is 17.6. The van der Waals surface area contributed by atoms with Gasteiger partial charge in [0.05, 0.1) is 29.8 Å². The van der Waals surface area contributed by atoms with E-state index >= 15 is 0 Å². The molecule has 0 bridgehead atoms. The predicted molar refractivity (Wildman–Crippen MR) is 133 cm³/mol. The number of fused-ring (bicyclic) bond motifs is 1. The van der Waals surface area contributed by atoms with Gasteiger partial charge in [0.1, 0.15) is 0 Å². The fraction of sp³-hybridized carbons (Fsp3) is 0.250. The summed E-state index contributed by atoms with van der Waals surface area (Å²) in [7, 11) is 1.31. The van der Waals surface area contributed by atoms with Gasteiger partial charge in [0.2, 0.25) is 0 Å². The van der Waals surface area contributed by atoms with Crippen molar-refractivity contribution in [1.29, 1.82) is 0 Å². The Morgan fingerprint density at radius 3 is 2.30 bits per heavy atom. The van der Waals surface area contributed by atoms with Crippen LogP contribution >= 0.6 is 0 Å². The first-order valence-corrected chi connectivity index (χ1v) is 11.8. The van der Waals surface area contributed by atoms with Crippen molar-refractivity contribution >= 4 is 22.8 Å². The van der Waals surface area contributed by atoms with E-state index in [1.54, 1.807) is 28.9 Å². The van der Waals surface area contributed by atoms with Gasteiger partial charge in [0.15, 0.2) is 5.69 Å². The number of rotatable bonds is 7. The smallest absolute Gasteiger partial charge is 0.416 e. The van der Waals surface area contributed by atoms with E-state index in [1.807, 2.05) is 32.0 Å². The zero-order chi connectivity index (χ0) is 26.7. The van der Waals surface area contributed by atoms with Crippen molar-refractivity contribution in [3.05, 3.63) is 100 Å². The average Bonchev–Trinajstić information content (AvgIpc) is 3.28. The van der Waals surface area contributed by atoms with Crippen molar-refractivity contribution in [3.63, 3.8) is 0 Å². The third kappa shape index (κ3) is 5.50. The summed E-state index contributed by atoms with van der Waals surface area (Å²) in [5.41, 5.74) is 2.99. The largest absolute Gasteiger partial charge is 0.465 e. The third-order valence-corrected chi connectivity index (χ3v) is 6.23. The SMILES string of the molecule is CCn1nc(C(=O)NC(C)c2ccc(C(=O)OC)cc2)c2c(Cc3ccc(C(F)(F)F)cc3)cccc21. The van der Waals surface area contributed by atoms with Crippen LogP contribution in [0.4, 0.5) is 13.2 Å². The number of aromatic nitrogens is 2. The van der Waals surface area contributed by atoms with Crippen molar-refractivity contribution < 1.29 is 27.5 Å². The van der Waals surface area contributed by atoms with E-state index in [9.17, 15) is 22.8 Å². The number of carbonyl (C=O) groups excluding carboxylic acids is 2. The molecule has 0 radical (unpaired) electrons. The highest BCUT2D eigenvalue weighted by Crippen LogP contribution is 2.30. The van der Waals surface area contributed by atoms with Gasteiger partial charge < -0.3 is 10.1 Å². The number of amides is 1. The summed E-state index contributed by atoms with van der Waals surface area (Å²) in [5.74, 6) is -0.818. The molecule has 4 aromatic rings. The lowest BCUT2D eigenvalue weighted by Crippen LogP contribution is -2.27. The number of aryl methyl sites for hydroxylation is 1. The second-order valence-corrected chi connectivity index (χ2v) is 8.66. The highest BCUT2D eigenvalue weighted by atomic mass is 19.4. The van der Waals surface area contributed by atoms with Crippen LogP contribution in [0.1, 0.15) is 63.0 Å². The highest BCUT2D eigenvalue weighted by Gasteiger charge is 2.30. The molecule has 1 aromatic heterocycles. The van der Waals surface area contributed by atoms with Crippen molar-refractivity contribution in [1.82, 2.24) is 15.1 Å². The normalized spacial score (nSPS) is 12.4. The van der Waals surface area contributed by atoms with E-state index in [0.29, 0.717) is 29.5 Å². The van der Waals surface area contributed by atoms with Crippen molar-refractivity contribution in [2.24, 2.45) is 0 Å². The molecule has 1 unspecified atom stereocenters. The second-order valence-electron chi connectivity index (χ2n) is 8.66. The lowest BCUT2D eigenvalue weighted by atomic mass is 9.98. The Labute approximate surface area is 212 Å². The van der Waals surface area contributed by atoms with Gasteiger partial charge >= 0.3 is 12.1 Å². The van der Waals surface area contributed by atoms with E-state index in [0.717, 1.165) is 28.8 Å². The van der Waals surface area contributed by atoms with Crippen LogP contribution in [0.3, 0.4) is 0 Å². The Bertz CT molecular complexity index is 1430. The van der Waals surface area contributed by atoms with Gasteiger partial charge in [-0.15, -0.1) is 0 Å². The third-order valence-electron chi connectivity index (χ3n) is 6.23. The number of nitrogens with one attached hydrogen (secondary N) is 1. The maximum Gasteiger partial charge on any atom is 0.416 e. The molecular formula is C28H26F3N3O3. The summed E-state index contributed by atoms with van der Waals surface area (Å²) in [6.45, 7) is 4.29. The maximum atomic E-state index is 13.4. The van der Waals surface area contributed by atoms with Gasteiger partial charge in [-0.3, -0.25) is 9.48 Å². The molecule has 1 amide bonds. The number of hydrogen-bond donors (Lipinski definition) is 1. The molecule has 0 aliphatic rings. The molecule has 1 atom stereocenters. The minimum absolute atomic E-state index is 0.248. The maximum absolute atomic E-state index is 13.4. The van der Waals surface area contributed by atoms with Crippen LogP contribution < -0.4 is 5.32 Å². The summed E-state index contributed by atoms with van der Waals surface area (Å²) in [6, 6.07) is 17.0. The summed E-state index contributed by atoms with van der Waals surface area (Å²) in [6.07, 6.45) is -4.06. The molecule has 0 aliphatic carbocycles. The number of carbonyl (C=O) groups is 2. The summed E-state index contributed by atoms with van der Waals surface area (Å²) < 4.78 is 45.3. The minimum Gasteiger partial charge on any atom is -0.465 e. The summed E-state index contributed by atoms with van der Waals surface area (Å²) >= 11 is 0. The number of esters is 1. The van der Waals surface area contributed by atoms with E-state index in [4.69, 9.17) is 4.74 Å². The molecule has 6 nitrogen and oxygen atoms in total. The Hall–Kier alpha value is -4.14. The van der Waals surface area contributed by atoms with Gasteiger partial charge in [0.25, 0.3) is 5.91 Å². The molecular weight excluding hydrogens is 483 g/mol. The highest BCUT2D eigenvalue weighted by molar-refractivity contribution is 6.06. The van der Waals surface area contributed by atoms with Crippen molar-refractivity contribution in [2.75, 3.05) is 7.11 Å². The van der Waals surface area contributed by atoms with Gasteiger partial charge in [-0.05, 0) is 67.3 Å². The molecule has 3 aromatic carbocycles. The lowest BCUT2D eigenvalue weighted by molar-refractivity contribution is -0.137. The van der Waals surface area contributed by atoms with E-state index in [2.05, 4.69) is 10.4 Å². The number of halogens is 3. The first-order valence-electron chi connectivity index (χ1n) is 11.8. The van der Waals surface area contributed by atoms with E-state index in [-0.39, 0.29) is 17.6 Å². The minimum atomic E-state index is -4.40. The first kappa shape index (κ1) is 25.9. The molecule has 0 aliphatic heterocycles. The van der Waals surface area contributed by atoms with Crippen LogP contribution in [0.25, 0.3) is 10.9 Å². The quantitative estimate of drug-likeness (QED) is 0.313. The van der Waals surface area contributed by atoms with Gasteiger partial charge in [-0.1, -0.05) is 36.4 Å². The van der Waals surface area contributed by atoms with Crippen molar-refractivity contribution in [2.45, 2.75) is 39.0 Å². The van der Waals surface area contributed by atoms with Crippen LogP contribution in [-0.4, -0.2) is 28.8 Å². The molecule has 0 spiro atoms. The van der Waals surface area contributed by atoms with Crippen LogP contribution in [0.15, 0.2) is 66.7 Å². The lowest BCUT2D eigenvalue weighted by Gasteiger charge is -2.14. The molecule has 9 heteroatoms. The molecule has 0 fully saturated rings. The molecule has 1 N–H and O–H groups in total. The van der Waals surface area contributed by atoms with Gasteiger partial charge in [-0.2, -0.15) is 18.3 Å². The number of alkyl halides is 3. The van der Waals surface area contributed by atoms with Gasteiger partial charge in [-0.25, -0.2) is 4.79 Å². The topological polar surface area (TPSA) is 73.2 Å². The fourth-order valence-electron chi connectivity index (χ4n) is 4.25. The van der Waals surface area contributed by atoms with E-state index in [1.165, 1.54) is 19.2 Å². The molecule has 192 valence electrons. The fourth-order valence-corrected chi connectivity index (χ4v) is 4.25. The van der Waals surface area contributed by atoms with Crippen molar-refractivity contribution in [3.8, 4) is 0 Å². The monoisotopic (exact) mass is 509 g/mol. The number of methoxy groups -OCH3 is 1. The molecule has 0 saturated carbocycles. The zero-order valence-corrected chi connectivity index (χ0v) is 20.6. The molecule has 0 saturated heterocycles. The molecule has 4 rings (SSSR count). The Kier molecular flexibility index (Phi) is 7.33. The van der Waals surface area contributed by atoms with Crippen LogP contribution in [0.5, 0.6) is 0 Å². The molecule has 37 heavy (non-hydrogen) atoms. The standard InChI is InChI=1S/C28H26F3N3O3/c1-4-34-23-7-5-6-21(16-18-8-14-22(15-9-18)28(29,30)31)24(23)25(33-34)26(35)32-17(2)19-10-12-20(13-11-19)27(36)37-3/h5-15,17H,4,16H2,1-3H3,(H,32,35). The van der Waals surface area contributed by atoms with Crippen LogP contribution in [0.2, 0.25) is 0 Å². The Balaban J connectivity index is 1.63. The number of benzene rings is 3. The summed E-state index contributed by atoms with van der Waals surface area (Å²) in [5, 5.41) is 8.17. The average molecular weight is 510 g/mol. The number of hydrogen-bond acceptors (Lipinski definition) is 4. The molecule has 1 heterocycles. The Morgan fingerprint density at radius 1 is 1.03 bits per heavy atom. The zero-order valence-electron chi connectivity index (χ0n) is 20.6. The van der Waals surface area contributed by atoms with E-state index < -0.39 is 17.7 Å². The van der Waals surface area contributed by atoms with Crippen LogP contribution in [0, 0.1) is 0 Å². The number of ether oxygens (including phenoxy) is 1. The van der Waals surface area contributed by atoms with Crippen LogP contribution in [-0.2, 0) is 23.9 Å². The Morgan fingerprint density at radius 2 is 1.70 bits per heavy atom. The summed E-state index contributed by atoms with van der Waals surface area (Å²) in [4.78, 5) is 25.1. The predicted octanol–water partition coefficient (Wildman–Crippen LogP) is 5.94. The number of nitrogens with zero attached hydrogens (tertiary/aromatic N) is 2.